The molecule has 0 N–H and O–H groups in total. The highest BCUT2D eigenvalue weighted by molar-refractivity contribution is 5.88. The van der Waals surface area contributed by atoms with Gasteiger partial charge in [0, 0.05) is 17.0 Å². The summed E-state index contributed by atoms with van der Waals surface area (Å²) in [6.45, 7) is 0. The van der Waals surface area contributed by atoms with Crippen LogP contribution in [0.2, 0.25) is 0 Å². The van der Waals surface area contributed by atoms with Gasteiger partial charge in [-0.15, -0.1) is 5.10 Å². The summed E-state index contributed by atoms with van der Waals surface area (Å²) in [6, 6.07) is 7.91. The van der Waals surface area contributed by atoms with Crippen molar-refractivity contribution in [2.45, 2.75) is 25.3 Å². The molecule has 4 nitrogen and oxygen atoms in total. The van der Waals surface area contributed by atoms with E-state index >= 15 is 0 Å². The third-order valence-corrected chi connectivity index (χ3v) is 4.15. The normalized spacial score (nSPS) is 14.3. The van der Waals surface area contributed by atoms with Gasteiger partial charge in [-0.3, -0.25) is 0 Å². The highest BCUT2D eigenvalue weighted by atomic mass is 19.3. The van der Waals surface area contributed by atoms with Gasteiger partial charge in [-0.05, 0) is 37.1 Å². The lowest BCUT2D eigenvalue weighted by molar-refractivity contribution is 0.145. The Morgan fingerprint density at radius 1 is 1.21 bits per heavy atom. The number of rotatable bonds is 3. The fraction of sp³-hybridized carbons (Fsp3) is 0.235. The fourth-order valence-electron chi connectivity index (χ4n) is 2.91. The molecule has 1 aromatic carbocycles. The van der Waals surface area contributed by atoms with E-state index in [0.717, 1.165) is 18.4 Å². The van der Waals surface area contributed by atoms with E-state index in [-0.39, 0.29) is 11.6 Å². The van der Waals surface area contributed by atoms with Crippen LogP contribution in [0.25, 0.3) is 22.2 Å². The van der Waals surface area contributed by atoms with Gasteiger partial charge in [-0.25, -0.2) is 13.2 Å². The molecule has 0 unspecified atom stereocenters. The molecule has 120 valence electrons. The summed E-state index contributed by atoms with van der Waals surface area (Å²) in [5, 5.41) is 16.8. The number of halogens is 3. The molecule has 1 aliphatic carbocycles. The van der Waals surface area contributed by atoms with Crippen LogP contribution >= 0.6 is 0 Å². The van der Waals surface area contributed by atoms with Crippen molar-refractivity contribution in [3.05, 3.63) is 47.5 Å². The SMILES string of the molecule is N#Cc1cc2c(cc1F)cc(-c1cnnc(C(F)F)c1)n2C1CC1. The summed E-state index contributed by atoms with van der Waals surface area (Å²) in [5.74, 6) is -0.592. The molecule has 0 aliphatic heterocycles. The van der Waals surface area contributed by atoms with Crippen LogP contribution in [0.5, 0.6) is 0 Å². The lowest BCUT2D eigenvalue weighted by Crippen LogP contribution is -2.00. The summed E-state index contributed by atoms with van der Waals surface area (Å²) >= 11 is 0. The number of nitriles is 1. The molecule has 1 fully saturated rings. The second kappa shape index (κ2) is 5.34. The molecule has 0 atom stereocenters. The van der Waals surface area contributed by atoms with Crippen molar-refractivity contribution in [3.8, 4) is 17.3 Å². The van der Waals surface area contributed by atoms with Crippen LogP contribution in [0.3, 0.4) is 0 Å². The first kappa shape index (κ1) is 14.7. The average Bonchev–Trinajstić information content (AvgIpc) is 3.35. The molecule has 1 aliphatic rings. The molecular formula is C17H11F3N4. The molecule has 4 rings (SSSR count). The van der Waals surface area contributed by atoms with Crippen molar-refractivity contribution < 1.29 is 13.2 Å². The Morgan fingerprint density at radius 2 is 2.00 bits per heavy atom. The van der Waals surface area contributed by atoms with E-state index in [2.05, 4.69) is 10.2 Å². The lowest BCUT2D eigenvalue weighted by atomic mass is 10.1. The Morgan fingerprint density at radius 3 is 2.67 bits per heavy atom. The van der Waals surface area contributed by atoms with Crippen molar-refractivity contribution in [1.82, 2.24) is 14.8 Å². The van der Waals surface area contributed by atoms with Crippen molar-refractivity contribution in [2.24, 2.45) is 0 Å². The van der Waals surface area contributed by atoms with Gasteiger partial charge in [0.2, 0.25) is 0 Å². The molecule has 2 heterocycles. The van der Waals surface area contributed by atoms with Crippen molar-refractivity contribution in [3.63, 3.8) is 0 Å². The van der Waals surface area contributed by atoms with E-state index in [1.807, 2.05) is 10.6 Å². The molecule has 0 radical (unpaired) electrons. The zero-order valence-electron chi connectivity index (χ0n) is 12.4. The van der Waals surface area contributed by atoms with E-state index in [9.17, 15) is 13.2 Å². The Balaban J connectivity index is 1.97. The quantitative estimate of drug-likeness (QED) is 0.717. The van der Waals surface area contributed by atoms with Crippen LogP contribution in [0.4, 0.5) is 13.2 Å². The highest BCUT2D eigenvalue weighted by Gasteiger charge is 2.28. The van der Waals surface area contributed by atoms with E-state index < -0.39 is 17.9 Å². The average molecular weight is 328 g/mol. The van der Waals surface area contributed by atoms with Gasteiger partial charge in [-0.1, -0.05) is 0 Å². The predicted molar refractivity (Wildman–Crippen MR) is 80.9 cm³/mol. The monoisotopic (exact) mass is 328 g/mol. The van der Waals surface area contributed by atoms with E-state index in [4.69, 9.17) is 5.26 Å². The molecule has 0 amide bonds. The van der Waals surface area contributed by atoms with E-state index in [1.54, 1.807) is 6.07 Å². The number of aromatic nitrogens is 3. The van der Waals surface area contributed by atoms with Crippen molar-refractivity contribution in [2.75, 3.05) is 0 Å². The van der Waals surface area contributed by atoms with Crippen LogP contribution in [0.15, 0.2) is 30.5 Å². The zero-order valence-corrected chi connectivity index (χ0v) is 12.4. The Bertz CT molecular complexity index is 983. The third kappa shape index (κ3) is 2.31. The largest absolute Gasteiger partial charge is 0.337 e. The molecule has 0 bridgehead atoms. The summed E-state index contributed by atoms with van der Waals surface area (Å²) < 4.78 is 41.7. The smallest absolute Gasteiger partial charge is 0.282 e. The number of hydrogen-bond donors (Lipinski definition) is 0. The molecule has 1 saturated carbocycles. The van der Waals surface area contributed by atoms with E-state index in [1.165, 1.54) is 24.4 Å². The van der Waals surface area contributed by atoms with E-state index in [0.29, 0.717) is 16.6 Å². The van der Waals surface area contributed by atoms with Gasteiger partial charge in [0.05, 0.1) is 23.0 Å². The Labute approximate surface area is 135 Å². The maximum Gasteiger partial charge on any atom is 0.282 e. The van der Waals surface area contributed by atoms with Crippen LogP contribution < -0.4 is 0 Å². The minimum Gasteiger partial charge on any atom is -0.337 e. The Hall–Kier alpha value is -2.88. The first-order valence-corrected chi connectivity index (χ1v) is 7.44. The summed E-state index contributed by atoms with van der Waals surface area (Å²) in [7, 11) is 0. The number of hydrogen-bond acceptors (Lipinski definition) is 3. The van der Waals surface area contributed by atoms with Crippen molar-refractivity contribution >= 4 is 10.9 Å². The van der Waals surface area contributed by atoms with Gasteiger partial charge in [0.15, 0.2) is 0 Å². The van der Waals surface area contributed by atoms with Gasteiger partial charge in [0.1, 0.15) is 17.6 Å². The lowest BCUT2D eigenvalue weighted by Gasteiger charge is -2.10. The van der Waals surface area contributed by atoms with Gasteiger partial charge >= 0.3 is 0 Å². The first-order valence-electron chi connectivity index (χ1n) is 7.44. The minimum absolute atomic E-state index is 0.0322. The van der Waals surface area contributed by atoms with Crippen molar-refractivity contribution in [1.29, 1.82) is 5.26 Å². The van der Waals surface area contributed by atoms with Gasteiger partial charge in [0.25, 0.3) is 6.43 Å². The van der Waals surface area contributed by atoms with Gasteiger partial charge < -0.3 is 4.57 Å². The third-order valence-electron chi connectivity index (χ3n) is 4.15. The fourth-order valence-corrected chi connectivity index (χ4v) is 2.91. The summed E-state index contributed by atoms with van der Waals surface area (Å²) in [5.41, 5.74) is 1.47. The molecule has 24 heavy (non-hydrogen) atoms. The second-order valence-corrected chi connectivity index (χ2v) is 5.80. The summed E-state index contributed by atoms with van der Waals surface area (Å²) in [6.07, 6.45) is 0.617. The Kier molecular flexibility index (Phi) is 3.27. The number of alkyl halides is 2. The first-order chi connectivity index (χ1) is 11.6. The van der Waals surface area contributed by atoms with Gasteiger partial charge in [-0.2, -0.15) is 10.4 Å². The number of benzene rings is 1. The highest BCUT2D eigenvalue weighted by Crippen LogP contribution is 2.43. The molecule has 0 spiro atoms. The maximum atomic E-state index is 13.9. The number of nitrogens with zero attached hydrogens (tertiary/aromatic N) is 4. The minimum atomic E-state index is -2.71. The van der Waals surface area contributed by atoms with Crippen LogP contribution in [0, 0.1) is 17.1 Å². The standard InChI is InChI=1S/C17H11F3N4/c18-13-3-9-5-16(11-4-14(17(19)20)23-22-8-11)24(12-1-2-12)15(9)6-10(13)7-21/h3-6,8,12,17H,1-2H2. The topological polar surface area (TPSA) is 54.5 Å². The molecule has 0 saturated heterocycles. The van der Waals surface area contributed by atoms with Crippen LogP contribution in [-0.4, -0.2) is 14.8 Å². The number of fused-ring (bicyclic) bond motifs is 1. The molecule has 3 aromatic rings. The molecule has 7 heteroatoms. The maximum absolute atomic E-state index is 13.9. The summed E-state index contributed by atoms with van der Waals surface area (Å²) in [4.78, 5) is 0. The molecular weight excluding hydrogens is 317 g/mol. The zero-order chi connectivity index (χ0) is 16.8. The second-order valence-electron chi connectivity index (χ2n) is 5.80. The van der Waals surface area contributed by atoms with Crippen LogP contribution in [-0.2, 0) is 0 Å². The van der Waals surface area contributed by atoms with Crippen LogP contribution in [0.1, 0.15) is 36.6 Å². The predicted octanol–water partition coefficient (Wildman–Crippen LogP) is 4.38. The molecule has 2 aromatic heterocycles.